The lowest BCUT2D eigenvalue weighted by Crippen LogP contribution is -2.48. The van der Waals surface area contributed by atoms with Crippen LogP contribution in [0.3, 0.4) is 0 Å². The molecule has 2 atom stereocenters. The van der Waals surface area contributed by atoms with Crippen molar-refractivity contribution in [3.63, 3.8) is 0 Å². The molecule has 0 amide bonds. The molecule has 0 bridgehead atoms. The van der Waals surface area contributed by atoms with E-state index in [1.807, 2.05) is 0 Å². The summed E-state index contributed by atoms with van der Waals surface area (Å²) in [6.45, 7) is 0.294. The first-order chi connectivity index (χ1) is 9.91. The Kier molecular flexibility index (Phi) is 5.66. The normalized spacial score (nSPS) is 28.0. The van der Waals surface area contributed by atoms with Crippen molar-refractivity contribution in [1.29, 1.82) is 0 Å². The van der Waals surface area contributed by atoms with Crippen molar-refractivity contribution in [2.24, 2.45) is 0 Å². The van der Waals surface area contributed by atoms with Crippen LogP contribution >= 0.6 is 0 Å². The van der Waals surface area contributed by atoms with Gasteiger partial charge in [0.1, 0.15) is 9.84 Å². The van der Waals surface area contributed by atoms with Gasteiger partial charge in [0.15, 0.2) is 0 Å². The van der Waals surface area contributed by atoms with Crippen molar-refractivity contribution in [3.8, 4) is 0 Å². The summed E-state index contributed by atoms with van der Waals surface area (Å²) < 4.78 is 28.5. The topological polar surface area (TPSA) is 63.7 Å². The van der Waals surface area contributed by atoms with E-state index in [0.29, 0.717) is 19.0 Å². The highest BCUT2D eigenvalue weighted by Crippen LogP contribution is 2.32. The molecule has 0 radical (unpaired) electrons. The Morgan fingerprint density at radius 3 is 2.29 bits per heavy atom. The number of ether oxygens (including phenoxy) is 1. The minimum Gasteiger partial charge on any atom is -0.468 e. The Labute approximate surface area is 127 Å². The molecule has 6 heteroatoms. The van der Waals surface area contributed by atoms with E-state index < -0.39 is 9.84 Å². The van der Waals surface area contributed by atoms with Gasteiger partial charge in [0.2, 0.25) is 0 Å². The third kappa shape index (κ3) is 4.42. The van der Waals surface area contributed by atoms with Gasteiger partial charge in [0, 0.05) is 18.3 Å². The van der Waals surface area contributed by atoms with Crippen LogP contribution in [0.1, 0.15) is 51.4 Å². The fourth-order valence-corrected chi connectivity index (χ4v) is 4.98. The Bertz CT molecular complexity index is 456. The van der Waals surface area contributed by atoms with Gasteiger partial charge < -0.3 is 4.74 Å². The molecule has 2 unspecified atom stereocenters. The summed E-state index contributed by atoms with van der Waals surface area (Å²) in [6, 6.07) is 0.605. The van der Waals surface area contributed by atoms with Crippen LogP contribution in [0.25, 0.3) is 0 Å². The maximum Gasteiger partial charge on any atom is 0.319 e. The highest BCUT2D eigenvalue weighted by atomic mass is 32.2. The Morgan fingerprint density at radius 1 is 1.10 bits per heavy atom. The molecular weight excluding hydrogens is 290 g/mol. The maximum atomic E-state index is 11.8. The molecule has 2 rings (SSSR count). The van der Waals surface area contributed by atoms with Gasteiger partial charge in [-0.1, -0.05) is 19.3 Å². The quantitative estimate of drug-likeness (QED) is 0.723. The van der Waals surface area contributed by atoms with Crippen LogP contribution in [0.15, 0.2) is 0 Å². The molecule has 2 aliphatic rings. The van der Waals surface area contributed by atoms with E-state index in [0.717, 1.165) is 32.1 Å². The van der Waals surface area contributed by atoms with Crippen molar-refractivity contribution in [3.05, 3.63) is 0 Å². The van der Waals surface area contributed by atoms with Crippen LogP contribution in [-0.4, -0.2) is 56.5 Å². The summed E-state index contributed by atoms with van der Waals surface area (Å²) in [5.41, 5.74) is 0. The summed E-state index contributed by atoms with van der Waals surface area (Å²) in [4.78, 5) is 14.0. The molecule has 0 spiro atoms. The molecule has 0 heterocycles. The zero-order valence-electron chi connectivity index (χ0n) is 13.1. The molecule has 5 nitrogen and oxygen atoms in total. The molecule has 0 aromatic rings. The van der Waals surface area contributed by atoms with Crippen LogP contribution in [0.4, 0.5) is 0 Å². The second-order valence-electron chi connectivity index (χ2n) is 6.46. The fraction of sp³-hybridized carbons (Fsp3) is 0.933. The molecule has 0 saturated heterocycles. The first-order valence-corrected chi connectivity index (χ1v) is 9.88. The fourth-order valence-electron chi connectivity index (χ4n) is 3.82. The van der Waals surface area contributed by atoms with Crippen LogP contribution in [-0.2, 0) is 19.4 Å². The van der Waals surface area contributed by atoms with Crippen LogP contribution in [0.5, 0.6) is 0 Å². The molecule has 21 heavy (non-hydrogen) atoms. The number of esters is 1. The number of sulfone groups is 1. The number of carbonyl (C=O) groups is 1. The van der Waals surface area contributed by atoms with Gasteiger partial charge >= 0.3 is 5.97 Å². The minimum absolute atomic E-state index is 0.195. The summed E-state index contributed by atoms with van der Waals surface area (Å²) >= 11 is 0. The van der Waals surface area contributed by atoms with Gasteiger partial charge in [0.25, 0.3) is 0 Å². The van der Waals surface area contributed by atoms with Gasteiger partial charge in [-0.05, 0) is 32.1 Å². The van der Waals surface area contributed by atoms with E-state index in [-0.39, 0.29) is 17.3 Å². The lowest BCUT2D eigenvalue weighted by atomic mass is 9.92. The average Bonchev–Trinajstić information content (AvgIpc) is 2.97. The Morgan fingerprint density at radius 2 is 1.71 bits per heavy atom. The van der Waals surface area contributed by atoms with Gasteiger partial charge in [0.05, 0.1) is 18.9 Å². The molecule has 122 valence electrons. The van der Waals surface area contributed by atoms with E-state index in [9.17, 15) is 13.2 Å². The molecule has 0 aromatic carbocycles. The molecular formula is C15H27NO4S. The van der Waals surface area contributed by atoms with Gasteiger partial charge in [-0.25, -0.2) is 8.42 Å². The predicted octanol–water partition coefficient (Wildman–Crippen LogP) is 1.76. The number of hydrogen-bond donors (Lipinski definition) is 0. The first kappa shape index (κ1) is 16.7. The Balaban J connectivity index is 2.09. The first-order valence-electron chi connectivity index (χ1n) is 7.93. The van der Waals surface area contributed by atoms with E-state index in [1.54, 1.807) is 0 Å². The number of methoxy groups -OCH3 is 1. The van der Waals surface area contributed by atoms with Crippen molar-refractivity contribution >= 4 is 15.8 Å². The standard InChI is InChI=1S/C15H27NO4S/c1-20-15(17)11-16(12-6-3-4-7-12)13-8-5-9-14(10-13)21(2,18)19/h12-14H,3-11H2,1-2H3. The maximum absolute atomic E-state index is 11.8. The van der Waals surface area contributed by atoms with E-state index in [4.69, 9.17) is 4.74 Å². The monoisotopic (exact) mass is 317 g/mol. The second kappa shape index (κ2) is 7.09. The van der Waals surface area contributed by atoms with Crippen molar-refractivity contribution < 1.29 is 17.9 Å². The van der Waals surface area contributed by atoms with Gasteiger partial charge in [-0.3, -0.25) is 9.69 Å². The lowest BCUT2D eigenvalue weighted by Gasteiger charge is -2.39. The van der Waals surface area contributed by atoms with E-state index in [2.05, 4.69) is 4.90 Å². The van der Waals surface area contributed by atoms with E-state index in [1.165, 1.54) is 26.2 Å². The SMILES string of the molecule is COC(=O)CN(C1CCCC1)C1CCCC(S(C)(=O)=O)C1. The van der Waals surface area contributed by atoms with Crippen molar-refractivity contribution in [2.45, 2.75) is 68.7 Å². The third-order valence-electron chi connectivity index (χ3n) is 5.01. The molecule has 0 aliphatic heterocycles. The van der Waals surface area contributed by atoms with Crippen LogP contribution < -0.4 is 0 Å². The van der Waals surface area contributed by atoms with Gasteiger partial charge in [-0.2, -0.15) is 0 Å². The zero-order valence-corrected chi connectivity index (χ0v) is 13.9. The number of carbonyl (C=O) groups excluding carboxylic acids is 1. The smallest absolute Gasteiger partial charge is 0.319 e. The number of nitrogens with zero attached hydrogens (tertiary/aromatic N) is 1. The van der Waals surface area contributed by atoms with E-state index >= 15 is 0 Å². The predicted molar refractivity (Wildman–Crippen MR) is 81.9 cm³/mol. The van der Waals surface area contributed by atoms with Gasteiger partial charge in [-0.15, -0.1) is 0 Å². The van der Waals surface area contributed by atoms with Crippen LogP contribution in [0.2, 0.25) is 0 Å². The summed E-state index contributed by atoms with van der Waals surface area (Å²) in [5, 5.41) is -0.252. The summed E-state index contributed by atoms with van der Waals surface area (Å²) in [7, 11) is -1.58. The molecule has 2 fully saturated rings. The lowest BCUT2D eigenvalue weighted by molar-refractivity contribution is -0.143. The molecule has 0 aromatic heterocycles. The number of rotatable bonds is 5. The van der Waals surface area contributed by atoms with Crippen molar-refractivity contribution in [1.82, 2.24) is 4.90 Å². The highest BCUT2D eigenvalue weighted by Gasteiger charge is 2.36. The number of hydrogen-bond acceptors (Lipinski definition) is 5. The molecule has 2 saturated carbocycles. The summed E-state index contributed by atoms with van der Waals surface area (Å²) in [6.07, 6.45) is 9.27. The third-order valence-corrected chi connectivity index (χ3v) is 6.65. The minimum atomic E-state index is -2.99. The largest absolute Gasteiger partial charge is 0.468 e. The average molecular weight is 317 g/mol. The van der Waals surface area contributed by atoms with Crippen LogP contribution in [0, 0.1) is 0 Å². The molecule has 2 aliphatic carbocycles. The summed E-state index contributed by atoms with van der Waals surface area (Å²) in [5.74, 6) is -0.219. The highest BCUT2D eigenvalue weighted by molar-refractivity contribution is 7.91. The zero-order chi connectivity index (χ0) is 15.5. The molecule has 0 N–H and O–H groups in total. The van der Waals surface area contributed by atoms with Crippen molar-refractivity contribution in [2.75, 3.05) is 19.9 Å². The second-order valence-corrected chi connectivity index (χ2v) is 8.78. The Hall–Kier alpha value is -0.620.